The van der Waals surface area contributed by atoms with Crippen LogP contribution < -0.4 is 15.4 Å². The van der Waals surface area contributed by atoms with Crippen molar-refractivity contribution in [2.45, 2.75) is 38.1 Å². The SMILES string of the molecule is Fc1ccc(Nc2cc(-c3cccc(OC(F)(F)F)c3)nc(NC3CCCC3)n2)c(F)c1. The maximum Gasteiger partial charge on any atom is 0.573 e. The van der Waals surface area contributed by atoms with Crippen molar-refractivity contribution in [3.05, 3.63) is 60.2 Å². The smallest absolute Gasteiger partial charge is 0.406 e. The number of ether oxygens (including phenoxy) is 1. The number of rotatable bonds is 6. The van der Waals surface area contributed by atoms with Gasteiger partial charge >= 0.3 is 6.36 Å². The molecule has 5 nitrogen and oxygen atoms in total. The van der Waals surface area contributed by atoms with Crippen LogP contribution in [0.4, 0.5) is 39.4 Å². The van der Waals surface area contributed by atoms with Crippen molar-refractivity contribution in [1.29, 1.82) is 0 Å². The molecule has 1 aliphatic rings. The molecular weight excluding hydrogens is 431 g/mol. The highest BCUT2D eigenvalue weighted by molar-refractivity contribution is 5.68. The van der Waals surface area contributed by atoms with E-state index in [4.69, 9.17) is 0 Å². The van der Waals surface area contributed by atoms with Crippen molar-refractivity contribution in [3.63, 3.8) is 0 Å². The topological polar surface area (TPSA) is 59.1 Å². The van der Waals surface area contributed by atoms with Gasteiger partial charge in [0.2, 0.25) is 5.95 Å². The van der Waals surface area contributed by atoms with Crippen LogP contribution in [-0.4, -0.2) is 22.4 Å². The van der Waals surface area contributed by atoms with Crippen molar-refractivity contribution in [2.24, 2.45) is 0 Å². The van der Waals surface area contributed by atoms with Gasteiger partial charge in [-0.1, -0.05) is 25.0 Å². The Kier molecular flexibility index (Phi) is 6.11. The van der Waals surface area contributed by atoms with Gasteiger partial charge in [-0.25, -0.2) is 13.8 Å². The third-order valence-electron chi connectivity index (χ3n) is 4.97. The Labute approximate surface area is 180 Å². The molecule has 0 aliphatic heterocycles. The lowest BCUT2D eigenvalue weighted by Crippen LogP contribution is -2.17. The molecule has 2 aromatic carbocycles. The first-order valence-electron chi connectivity index (χ1n) is 9.99. The molecule has 0 unspecified atom stereocenters. The van der Waals surface area contributed by atoms with Gasteiger partial charge in [0.05, 0.1) is 11.4 Å². The lowest BCUT2D eigenvalue weighted by molar-refractivity contribution is -0.274. The summed E-state index contributed by atoms with van der Waals surface area (Å²) >= 11 is 0. The number of alkyl halides is 3. The molecule has 0 saturated heterocycles. The van der Waals surface area contributed by atoms with Gasteiger partial charge in [0, 0.05) is 23.7 Å². The fourth-order valence-corrected chi connectivity index (χ4v) is 3.56. The minimum absolute atomic E-state index is 0.00276. The van der Waals surface area contributed by atoms with Crippen LogP contribution in [0.2, 0.25) is 0 Å². The van der Waals surface area contributed by atoms with Crippen LogP contribution in [0.5, 0.6) is 5.75 Å². The summed E-state index contributed by atoms with van der Waals surface area (Å²) in [5.74, 6) is -1.47. The molecule has 4 rings (SSSR count). The number of anilines is 3. The maximum atomic E-state index is 14.1. The molecule has 0 bridgehead atoms. The van der Waals surface area contributed by atoms with E-state index in [1.54, 1.807) is 6.07 Å². The largest absolute Gasteiger partial charge is 0.573 e. The quantitative estimate of drug-likeness (QED) is 0.425. The summed E-state index contributed by atoms with van der Waals surface area (Å²) in [6.07, 6.45) is -0.803. The van der Waals surface area contributed by atoms with E-state index in [2.05, 4.69) is 25.3 Å². The van der Waals surface area contributed by atoms with Gasteiger partial charge in [0.25, 0.3) is 0 Å². The highest BCUT2D eigenvalue weighted by atomic mass is 19.4. The van der Waals surface area contributed by atoms with E-state index in [9.17, 15) is 22.0 Å². The Bertz CT molecular complexity index is 1100. The normalized spacial score (nSPS) is 14.4. The second kappa shape index (κ2) is 8.97. The molecule has 0 spiro atoms. The molecule has 2 N–H and O–H groups in total. The number of hydrogen-bond donors (Lipinski definition) is 2. The summed E-state index contributed by atoms with van der Waals surface area (Å²) < 4.78 is 69.2. The maximum absolute atomic E-state index is 14.1. The minimum Gasteiger partial charge on any atom is -0.406 e. The first-order valence-corrected chi connectivity index (χ1v) is 9.99. The molecule has 3 aromatic rings. The lowest BCUT2D eigenvalue weighted by Gasteiger charge is -2.16. The first kappa shape index (κ1) is 21.8. The lowest BCUT2D eigenvalue weighted by atomic mass is 10.1. The van der Waals surface area contributed by atoms with Crippen molar-refractivity contribution < 1.29 is 26.7 Å². The van der Waals surface area contributed by atoms with Gasteiger partial charge < -0.3 is 15.4 Å². The van der Waals surface area contributed by atoms with E-state index < -0.39 is 23.7 Å². The van der Waals surface area contributed by atoms with Crippen LogP contribution in [0.3, 0.4) is 0 Å². The molecule has 0 amide bonds. The van der Waals surface area contributed by atoms with Crippen molar-refractivity contribution in [3.8, 4) is 17.0 Å². The number of nitrogens with one attached hydrogen (secondary N) is 2. The molecule has 0 radical (unpaired) electrons. The zero-order valence-corrected chi connectivity index (χ0v) is 16.7. The third-order valence-corrected chi connectivity index (χ3v) is 4.97. The standard InChI is InChI=1S/C22H19F5N4O/c23-14-8-9-18(17(24)11-14)29-20-12-19(30-21(31-20)28-15-5-1-2-6-15)13-4-3-7-16(10-13)32-22(25,26)27/h3-4,7-12,15H,1-2,5-6H2,(H2,28,29,30,31). The molecular formula is C22H19F5N4O. The van der Waals surface area contributed by atoms with Gasteiger partial charge in [-0.3, -0.25) is 0 Å². The highest BCUT2D eigenvalue weighted by Crippen LogP contribution is 2.30. The first-order chi connectivity index (χ1) is 15.2. The monoisotopic (exact) mass is 450 g/mol. The van der Waals surface area contributed by atoms with Crippen LogP contribution in [0.15, 0.2) is 48.5 Å². The predicted molar refractivity (Wildman–Crippen MR) is 110 cm³/mol. The fraction of sp³-hybridized carbons (Fsp3) is 0.273. The van der Waals surface area contributed by atoms with Gasteiger partial charge in [0.15, 0.2) is 0 Å². The Morgan fingerprint density at radius 3 is 2.44 bits per heavy atom. The molecule has 10 heteroatoms. The summed E-state index contributed by atoms with van der Waals surface area (Å²) in [4.78, 5) is 8.79. The summed E-state index contributed by atoms with van der Waals surface area (Å²) in [5.41, 5.74) is 0.654. The van der Waals surface area contributed by atoms with Gasteiger partial charge in [0.1, 0.15) is 23.2 Å². The molecule has 168 valence electrons. The molecule has 1 aliphatic carbocycles. The van der Waals surface area contributed by atoms with Crippen LogP contribution in [0.1, 0.15) is 25.7 Å². The van der Waals surface area contributed by atoms with Crippen LogP contribution in [-0.2, 0) is 0 Å². The second-order valence-corrected chi connectivity index (χ2v) is 7.41. The zero-order chi connectivity index (χ0) is 22.7. The van der Waals surface area contributed by atoms with E-state index in [1.807, 2.05) is 0 Å². The Morgan fingerprint density at radius 2 is 1.72 bits per heavy atom. The molecule has 1 saturated carbocycles. The summed E-state index contributed by atoms with van der Waals surface area (Å²) in [5, 5.41) is 6.01. The summed E-state index contributed by atoms with van der Waals surface area (Å²) in [7, 11) is 0. The summed E-state index contributed by atoms with van der Waals surface area (Å²) in [6, 6.07) is 10.1. The summed E-state index contributed by atoms with van der Waals surface area (Å²) in [6.45, 7) is 0. The van der Waals surface area contributed by atoms with E-state index in [0.717, 1.165) is 37.8 Å². The predicted octanol–water partition coefficient (Wildman–Crippen LogP) is 6.42. The van der Waals surface area contributed by atoms with Gasteiger partial charge in [-0.15, -0.1) is 13.2 Å². The van der Waals surface area contributed by atoms with Crippen LogP contribution in [0, 0.1) is 11.6 Å². The van der Waals surface area contributed by atoms with Crippen LogP contribution >= 0.6 is 0 Å². The number of benzene rings is 2. The van der Waals surface area contributed by atoms with Crippen molar-refractivity contribution in [1.82, 2.24) is 9.97 Å². The second-order valence-electron chi connectivity index (χ2n) is 7.41. The van der Waals surface area contributed by atoms with E-state index in [-0.39, 0.29) is 23.5 Å². The van der Waals surface area contributed by atoms with E-state index >= 15 is 0 Å². The average Bonchev–Trinajstić information content (AvgIpc) is 3.22. The van der Waals surface area contributed by atoms with E-state index in [0.29, 0.717) is 11.3 Å². The Balaban J connectivity index is 1.69. The van der Waals surface area contributed by atoms with Gasteiger partial charge in [-0.2, -0.15) is 4.98 Å². The Morgan fingerprint density at radius 1 is 0.938 bits per heavy atom. The van der Waals surface area contributed by atoms with Crippen molar-refractivity contribution in [2.75, 3.05) is 10.6 Å². The Hall–Kier alpha value is -3.43. The highest BCUT2D eigenvalue weighted by Gasteiger charge is 2.31. The molecule has 1 aromatic heterocycles. The number of halogens is 5. The molecule has 1 fully saturated rings. The average molecular weight is 450 g/mol. The molecule has 0 atom stereocenters. The van der Waals surface area contributed by atoms with Gasteiger partial charge in [-0.05, 0) is 37.1 Å². The van der Waals surface area contributed by atoms with Crippen LogP contribution in [0.25, 0.3) is 11.3 Å². The molecule has 32 heavy (non-hydrogen) atoms. The van der Waals surface area contributed by atoms with E-state index in [1.165, 1.54) is 30.3 Å². The third kappa shape index (κ3) is 5.63. The molecule has 1 heterocycles. The number of aromatic nitrogens is 2. The zero-order valence-electron chi connectivity index (χ0n) is 16.7. The fourth-order valence-electron chi connectivity index (χ4n) is 3.56. The number of hydrogen-bond acceptors (Lipinski definition) is 5. The number of nitrogens with zero attached hydrogens (tertiary/aromatic N) is 2. The minimum atomic E-state index is -4.83. The van der Waals surface area contributed by atoms with Crippen molar-refractivity contribution >= 4 is 17.5 Å².